The first kappa shape index (κ1) is 23.3. The average molecular weight is 513 g/mol. The fraction of sp³-hybridized carbons (Fsp3) is 0.200. The van der Waals surface area contributed by atoms with Crippen molar-refractivity contribution in [3.63, 3.8) is 0 Å². The number of amides is 1. The van der Waals surface area contributed by atoms with Gasteiger partial charge in [0.1, 0.15) is 22.9 Å². The van der Waals surface area contributed by atoms with Crippen molar-refractivity contribution in [1.82, 2.24) is 14.5 Å². The molecule has 2 N–H and O–H groups in total. The molecule has 2 aromatic heterocycles. The molecule has 1 amide bonds. The largest absolute Gasteiger partial charge is 0.504 e. The highest BCUT2D eigenvalue weighted by molar-refractivity contribution is 6.36. The van der Waals surface area contributed by atoms with Gasteiger partial charge in [-0.15, -0.1) is 0 Å². The lowest BCUT2D eigenvalue weighted by Gasteiger charge is -2.39. The van der Waals surface area contributed by atoms with Crippen molar-refractivity contribution < 1.29 is 14.3 Å². The van der Waals surface area contributed by atoms with Crippen molar-refractivity contribution in [2.45, 2.75) is 31.7 Å². The Labute approximate surface area is 209 Å². The Balaban J connectivity index is 1.59. The fourth-order valence-corrected chi connectivity index (χ4v) is 4.96. The van der Waals surface area contributed by atoms with Crippen LogP contribution in [0.2, 0.25) is 10.2 Å². The molecular formula is C25H19Cl2FN4O3. The minimum Gasteiger partial charge on any atom is -0.504 e. The van der Waals surface area contributed by atoms with E-state index in [0.717, 1.165) is 30.5 Å². The van der Waals surface area contributed by atoms with Crippen molar-refractivity contribution in [2.75, 3.05) is 5.32 Å². The normalized spacial score (nSPS) is 17.3. The second-order valence-electron chi connectivity index (χ2n) is 8.40. The number of aromatic hydroxyl groups is 1. The van der Waals surface area contributed by atoms with Crippen LogP contribution >= 0.6 is 23.2 Å². The van der Waals surface area contributed by atoms with Crippen LogP contribution in [0.25, 0.3) is 10.9 Å². The summed E-state index contributed by atoms with van der Waals surface area (Å²) in [6.07, 6.45) is 1.69. The molecule has 10 heteroatoms. The highest BCUT2D eigenvalue weighted by Crippen LogP contribution is 2.46. The summed E-state index contributed by atoms with van der Waals surface area (Å²) in [7, 11) is 0. The van der Waals surface area contributed by atoms with Crippen LogP contribution in [0.4, 0.5) is 10.1 Å². The smallest absolute Gasteiger partial charge is 0.274 e. The number of carbonyl (C=O) groups excluding carboxylic acids is 1. The molecule has 2 aromatic carbocycles. The summed E-state index contributed by atoms with van der Waals surface area (Å²) >= 11 is 11.7. The molecular weight excluding hydrogens is 494 g/mol. The Morgan fingerprint density at radius 2 is 1.89 bits per heavy atom. The maximum atomic E-state index is 14.7. The molecule has 178 valence electrons. The zero-order chi connectivity index (χ0) is 24.9. The van der Waals surface area contributed by atoms with E-state index in [1.54, 1.807) is 11.5 Å². The van der Waals surface area contributed by atoms with E-state index in [9.17, 15) is 19.1 Å². The van der Waals surface area contributed by atoms with E-state index in [1.165, 1.54) is 6.07 Å². The second kappa shape index (κ2) is 8.94. The standard InChI is InChI=1S/C25H19Cl2FN4O3/c1-12-29-21-16(28)8-9-17(31-24(34)18-11-15(26)22(33)23(27)30-18)20(21)25(35)32(12)19-10-7-14(19)13-5-3-2-4-6-13/h2-6,8-9,11,14,19,33H,7,10H2,1H3,(H,31,34)/t14-,19+/m1/s1. The third kappa shape index (κ3) is 4.02. The Morgan fingerprint density at radius 1 is 1.14 bits per heavy atom. The summed E-state index contributed by atoms with van der Waals surface area (Å²) in [6, 6.07) is 13.3. The quantitative estimate of drug-likeness (QED) is 0.345. The molecule has 1 fully saturated rings. The number of pyridine rings is 1. The Morgan fingerprint density at radius 3 is 2.54 bits per heavy atom. The minimum absolute atomic E-state index is 0.0429. The minimum atomic E-state index is -0.737. The van der Waals surface area contributed by atoms with Gasteiger partial charge in [0.05, 0.1) is 16.1 Å². The lowest BCUT2D eigenvalue weighted by Crippen LogP contribution is -2.37. The van der Waals surface area contributed by atoms with Crippen molar-refractivity contribution in [3.8, 4) is 5.75 Å². The third-order valence-electron chi connectivity index (χ3n) is 6.37. The van der Waals surface area contributed by atoms with Crippen LogP contribution in [-0.2, 0) is 0 Å². The number of nitrogens with zero attached hydrogens (tertiary/aromatic N) is 3. The summed E-state index contributed by atoms with van der Waals surface area (Å²) in [4.78, 5) is 34.8. The number of nitrogens with one attached hydrogen (secondary N) is 1. The number of fused-ring (bicyclic) bond motifs is 1. The SMILES string of the molecule is Cc1nc2c(F)ccc(NC(=O)c3cc(Cl)c(O)c(Cl)n3)c2c(=O)n1[C@H]1CC[C@@H]1c1ccccc1. The number of rotatable bonds is 4. The molecule has 0 saturated heterocycles. The van der Waals surface area contributed by atoms with Crippen LogP contribution in [0.5, 0.6) is 5.75 Å². The average Bonchev–Trinajstić information content (AvgIpc) is 2.81. The second-order valence-corrected chi connectivity index (χ2v) is 9.16. The van der Waals surface area contributed by atoms with Crippen LogP contribution in [0, 0.1) is 12.7 Å². The summed E-state index contributed by atoms with van der Waals surface area (Å²) in [5.41, 5.74) is 0.443. The lowest BCUT2D eigenvalue weighted by molar-refractivity contribution is 0.102. The topological polar surface area (TPSA) is 97.1 Å². The number of halogens is 3. The number of anilines is 1. The molecule has 0 unspecified atom stereocenters. The van der Waals surface area contributed by atoms with Gasteiger partial charge in [0, 0.05) is 12.0 Å². The molecule has 0 bridgehead atoms. The van der Waals surface area contributed by atoms with Gasteiger partial charge in [-0.2, -0.15) is 0 Å². The van der Waals surface area contributed by atoms with Crippen molar-refractivity contribution in [3.05, 3.63) is 92.0 Å². The number of aromatic nitrogens is 3. The number of aryl methyl sites for hydroxylation is 1. The molecule has 2 atom stereocenters. The lowest BCUT2D eigenvalue weighted by atomic mass is 9.74. The molecule has 1 saturated carbocycles. The van der Waals surface area contributed by atoms with Crippen LogP contribution < -0.4 is 10.9 Å². The molecule has 35 heavy (non-hydrogen) atoms. The zero-order valence-corrected chi connectivity index (χ0v) is 19.9. The van der Waals surface area contributed by atoms with Crippen molar-refractivity contribution in [1.29, 1.82) is 0 Å². The van der Waals surface area contributed by atoms with Crippen LogP contribution in [0.3, 0.4) is 0 Å². The predicted octanol–water partition coefficient (Wildman–Crippen LogP) is 5.62. The van der Waals surface area contributed by atoms with Gasteiger partial charge >= 0.3 is 0 Å². The van der Waals surface area contributed by atoms with Crippen LogP contribution in [0.15, 0.2) is 53.3 Å². The third-order valence-corrected chi connectivity index (χ3v) is 6.92. The number of hydrogen-bond donors (Lipinski definition) is 2. The first-order valence-electron chi connectivity index (χ1n) is 10.9. The maximum Gasteiger partial charge on any atom is 0.274 e. The monoisotopic (exact) mass is 512 g/mol. The first-order valence-corrected chi connectivity index (χ1v) is 11.6. The summed E-state index contributed by atoms with van der Waals surface area (Å²) in [5, 5.41) is 11.7. The summed E-state index contributed by atoms with van der Waals surface area (Å²) in [5.74, 6) is -1.34. The summed E-state index contributed by atoms with van der Waals surface area (Å²) in [6.45, 7) is 1.68. The van der Waals surface area contributed by atoms with Gasteiger partial charge in [-0.25, -0.2) is 14.4 Å². The van der Waals surface area contributed by atoms with Crippen molar-refractivity contribution >= 4 is 45.7 Å². The highest BCUT2D eigenvalue weighted by Gasteiger charge is 2.36. The van der Waals surface area contributed by atoms with Crippen LogP contribution in [0.1, 0.15) is 46.7 Å². The fourth-order valence-electron chi connectivity index (χ4n) is 4.53. The van der Waals surface area contributed by atoms with E-state index in [0.29, 0.717) is 5.82 Å². The van der Waals surface area contributed by atoms with Gasteiger partial charge in [0.15, 0.2) is 10.9 Å². The number of carbonyl (C=O) groups is 1. The van der Waals surface area contributed by atoms with Crippen LogP contribution in [-0.4, -0.2) is 25.5 Å². The molecule has 0 spiro atoms. The van der Waals surface area contributed by atoms with Gasteiger partial charge in [0.25, 0.3) is 11.5 Å². The van der Waals surface area contributed by atoms with Crippen molar-refractivity contribution in [2.24, 2.45) is 0 Å². The van der Waals surface area contributed by atoms with E-state index in [-0.39, 0.29) is 44.4 Å². The Kier molecular flexibility index (Phi) is 5.94. The Hall–Kier alpha value is -3.49. The van der Waals surface area contributed by atoms with E-state index in [4.69, 9.17) is 23.2 Å². The number of hydrogen-bond acceptors (Lipinski definition) is 5. The molecule has 1 aliphatic carbocycles. The first-order chi connectivity index (χ1) is 16.8. The van der Waals surface area contributed by atoms with Gasteiger partial charge in [-0.05, 0) is 43.5 Å². The van der Waals surface area contributed by atoms with E-state index in [1.807, 2.05) is 30.3 Å². The molecule has 4 aromatic rings. The van der Waals surface area contributed by atoms with Gasteiger partial charge in [0.2, 0.25) is 0 Å². The maximum absolute atomic E-state index is 14.7. The van der Waals surface area contributed by atoms with E-state index < -0.39 is 23.0 Å². The number of benzene rings is 2. The molecule has 5 rings (SSSR count). The Bertz CT molecular complexity index is 1520. The predicted molar refractivity (Wildman–Crippen MR) is 132 cm³/mol. The van der Waals surface area contributed by atoms with E-state index in [2.05, 4.69) is 15.3 Å². The molecule has 2 heterocycles. The molecule has 1 aliphatic rings. The highest BCUT2D eigenvalue weighted by atomic mass is 35.5. The van der Waals surface area contributed by atoms with Gasteiger partial charge in [-0.3, -0.25) is 14.2 Å². The van der Waals surface area contributed by atoms with Gasteiger partial charge in [-0.1, -0.05) is 53.5 Å². The molecule has 0 aliphatic heterocycles. The zero-order valence-electron chi connectivity index (χ0n) is 18.4. The van der Waals surface area contributed by atoms with Gasteiger partial charge < -0.3 is 10.4 Å². The molecule has 7 nitrogen and oxygen atoms in total. The molecule has 0 radical (unpaired) electrons. The summed E-state index contributed by atoms with van der Waals surface area (Å²) < 4.78 is 16.3. The van der Waals surface area contributed by atoms with E-state index >= 15 is 0 Å².